The van der Waals surface area contributed by atoms with Gasteiger partial charge in [0.05, 0.1) is 35.5 Å². The van der Waals surface area contributed by atoms with Crippen LogP contribution >= 0.6 is 0 Å². The van der Waals surface area contributed by atoms with Gasteiger partial charge in [-0.3, -0.25) is 0 Å². The molecule has 128 valence electrons. The number of aromatic nitrogens is 4. The third kappa shape index (κ3) is 3.74. The summed E-state index contributed by atoms with van der Waals surface area (Å²) in [4.78, 5) is 18.2. The number of nitrogens with zero attached hydrogens (tertiary/aromatic N) is 4. The zero-order valence-corrected chi connectivity index (χ0v) is 12.4. The van der Waals surface area contributed by atoms with Crippen LogP contribution in [0.3, 0.4) is 0 Å². The number of aromatic carboxylic acids is 1. The van der Waals surface area contributed by atoms with Crippen molar-refractivity contribution in [3.8, 4) is 5.82 Å². The van der Waals surface area contributed by atoms with Gasteiger partial charge in [0, 0.05) is 6.20 Å². The standard InChI is InChI=1S/C15H10F3N5O2/c16-15(17,18)9-1-4-13(20-5-9)23-8-11(7-21-23)22-10-2-3-12(14(24)25)19-6-10/h1-8,22H,(H,24,25). The molecule has 0 saturated heterocycles. The minimum Gasteiger partial charge on any atom is -0.477 e. The molecule has 0 bridgehead atoms. The molecule has 0 aliphatic heterocycles. The number of rotatable bonds is 4. The summed E-state index contributed by atoms with van der Waals surface area (Å²) in [7, 11) is 0. The second-order valence-electron chi connectivity index (χ2n) is 4.94. The van der Waals surface area contributed by atoms with E-state index in [1.165, 1.54) is 41.5 Å². The number of hydrogen-bond donors (Lipinski definition) is 2. The molecule has 3 heterocycles. The summed E-state index contributed by atoms with van der Waals surface area (Å²) in [6.07, 6.45) is 0.610. The topological polar surface area (TPSA) is 92.9 Å². The molecule has 3 rings (SSSR count). The Balaban J connectivity index is 1.75. The Kier molecular flexibility index (Phi) is 4.09. The van der Waals surface area contributed by atoms with Crippen LogP contribution < -0.4 is 5.32 Å². The van der Waals surface area contributed by atoms with Crippen molar-refractivity contribution in [1.29, 1.82) is 0 Å². The summed E-state index contributed by atoms with van der Waals surface area (Å²) in [5.74, 6) is -0.909. The van der Waals surface area contributed by atoms with Crippen LogP contribution in [-0.4, -0.2) is 30.8 Å². The van der Waals surface area contributed by atoms with Crippen molar-refractivity contribution in [2.45, 2.75) is 6.18 Å². The Morgan fingerprint density at radius 1 is 1.04 bits per heavy atom. The highest BCUT2D eigenvalue weighted by molar-refractivity contribution is 5.85. The first-order valence-electron chi connectivity index (χ1n) is 6.87. The van der Waals surface area contributed by atoms with Crippen LogP contribution in [0.15, 0.2) is 49.1 Å². The van der Waals surface area contributed by atoms with Crippen LogP contribution in [0.4, 0.5) is 24.5 Å². The van der Waals surface area contributed by atoms with E-state index in [1.807, 2.05) is 0 Å². The number of pyridine rings is 2. The molecule has 7 nitrogen and oxygen atoms in total. The van der Waals surface area contributed by atoms with Gasteiger partial charge in [-0.05, 0) is 24.3 Å². The highest BCUT2D eigenvalue weighted by Crippen LogP contribution is 2.28. The molecule has 0 saturated carbocycles. The molecule has 10 heteroatoms. The number of carboxylic acids is 1. The second-order valence-corrected chi connectivity index (χ2v) is 4.94. The normalized spacial score (nSPS) is 11.3. The predicted octanol–water partition coefficient (Wildman–Crippen LogP) is 3.12. The highest BCUT2D eigenvalue weighted by atomic mass is 19.4. The number of anilines is 2. The number of carboxylic acid groups (broad SMARTS) is 1. The molecule has 3 aromatic rings. The Bertz CT molecular complexity index is 889. The molecular formula is C15H10F3N5O2. The van der Waals surface area contributed by atoms with Gasteiger partial charge in [0.1, 0.15) is 5.69 Å². The molecule has 0 fully saturated rings. The van der Waals surface area contributed by atoms with Gasteiger partial charge in [0.25, 0.3) is 0 Å². The van der Waals surface area contributed by atoms with E-state index < -0.39 is 17.7 Å². The zero-order chi connectivity index (χ0) is 18.0. The molecule has 0 atom stereocenters. The number of carbonyl (C=O) groups is 1. The number of halogens is 3. The van der Waals surface area contributed by atoms with E-state index in [0.717, 1.165) is 12.3 Å². The molecule has 0 amide bonds. The van der Waals surface area contributed by atoms with Gasteiger partial charge in [-0.15, -0.1) is 0 Å². The maximum atomic E-state index is 12.5. The van der Waals surface area contributed by atoms with Crippen LogP contribution in [0.2, 0.25) is 0 Å². The van der Waals surface area contributed by atoms with E-state index in [1.54, 1.807) is 0 Å². The smallest absolute Gasteiger partial charge is 0.417 e. The molecule has 0 aromatic carbocycles. The van der Waals surface area contributed by atoms with Crippen molar-refractivity contribution in [2.24, 2.45) is 0 Å². The van der Waals surface area contributed by atoms with Crippen molar-refractivity contribution < 1.29 is 23.1 Å². The summed E-state index contributed by atoms with van der Waals surface area (Å²) < 4.78 is 38.9. The van der Waals surface area contributed by atoms with Gasteiger partial charge in [-0.25, -0.2) is 19.4 Å². The van der Waals surface area contributed by atoms with Crippen molar-refractivity contribution in [3.05, 3.63) is 60.3 Å². The Morgan fingerprint density at radius 2 is 1.84 bits per heavy atom. The lowest BCUT2D eigenvalue weighted by Gasteiger charge is -2.06. The molecule has 0 radical (unpaired) electrons. The summed E-state index contributed by atoms with van der Waals surface area (Å²) >= 11 is 0. The van der Waals surface area contributed by atoms with Crippen LogP contribution in [0.1, 0.15) is 16.1 Å². The quantitative estimate of drug-likeness (QED) is 0.752. The highest BCUT2D eigenvalue weighted by Gasteiger charge is 2.30. The zero-order valence-electron chi connectivity index (χ0n) is 12.4. The molecule has 25 heavy (non-hydrogen) atoms. The maximum absolute atomic E-state index is 12.5. The number of alkyl halides is 3. The molecular weight excluding hydrogens is 339 g/mol. The van der Waals surface area contributed by atoms with Crippen molar-refractivity contribution >= 4 is 17.3 Å². The SMILES string of the molecule is O=C(O)c1ccc(Nc2cnn(-c3ccc(C(F)(F)F)cn3)c2)cn1. The van der Waals surface area contributed by atoms with Gasteiger partial charge in [0.2, 0.25) is 0 Å². The summed E-state index contributed by atoms with van der Waals surface area (Å²) in [6, 6.07) is 5.01. The molecule has 0 aliphatic rings. The molecule has 0 unspecified atom stereocenters. The fourth-order valence-electron chi connectivity index (χ4n) is 1.96. The average molecular weight is 349 g/mol. The summed E-state index contributed by atoms with van der Waals surface area (Å²) in [6.45, 7) is 0. The second kappa shape index (κ2) is 6.23. The molecule has 0 spiro atoms. The van der Waals surface area contributed by atoms with Crippen LogP contribution in [0.25, 0.3) is 5.82 Å². The minimum absolute atomic E-state index is 0.0878. The van der Waals surface area contributed by atoms with E-state index in [2.05, 4.69) is 20.4 Å². The van der Waals surface area contributed by atoms with Crippen molar-refractivity contribution in [2.75, 3.05) is 5.32 Å². The Hall–Kier alpha value is -3.43. The van der Waals surface area contributed by atoms with Crippen LogP contribution in [0.5, 0.6) is 0 Å². The van der Waals surface area contributed by atoms with E-state index in [4.69, 9.17) is 5.11 Å². The van der Waals surface area contributed by atoms with E-state index in [-0.39, 0.29) is 11.5 Å². The first kappa shape index (κ1) is 16.4. The van der Waals surface area contributed by atoms with Crippen LogP contribution in [0, 0.1) is 0 Å². The fourth-order valence-corrected chi connectivity index (χ4v) is 1.96. The van der Waals surface area contributed by atoms with E-state index >= 15 is 0 Å². The third-order valence-electron chi connectivity index (χ3n) is 3.16. The number of nitrogens with one attached hydrogen (secondary N) is 1. The lowest BCUT2D eigenvalue weighted by Crippen LogP contribution is -2.06. The summed E-state index contributed by atoms with van der Waals surface area (Å²) in [5.41, 5.74) is 0.137. The van der Waals surface area contributed by atoms with Crippen LogP contribution in [-0.2, 0) is 6.18 Å². The van der Waals surface area contributed by atoms with Crippen molar-refractivity contribution in [1.82, 2.24) is 19.7 Å². The Labute approximate surface area is 138 Å². The lowest BCUT2D eigenvalue weighted by atomic mass is 10.3. The van der Waals surface area contributed by atoms with E-state index in [0.29, 0.717) is 11.4 Å². The van der Waals surface area contributed by atoms with Gasteiger partial charge >= 0.3 is 12.1 Å². The van der Waals surface area contributed by atoms with Gasteiger partial charge in [0.15, 0.2) is 5.82 Å². The predicted molar refractivity (Wildman–Crippen MR) is 80.8 cm³/mol. The summed E-state index contributed by atoms with van der Waals surface area (Å²) in [5, 5.41) is 15.8. The molecule has 0 aliphatic carbocycles. The molecule has 2 N–H and O–H groups in total. The van der Waals surface area contributed by atoms with Gasteiger partial charge < -0.3 is 10.4 Å². The fraction of sp³-hybridized carbons (Fsp3) is 0.0667. The maximum Gasteiger partial charge on any atom is 0.417 e. The largest absolute Gasteiger partial charge is 0.477 e. The van der Waals surface area contributed by atoms with E-state index in [9.17, 15) is 18.0 Å². The van der Waals surface area contributed by atoms with Gasteiger partial charge in [-0.1, -0.05) is 0 Å². The first-order valence-corrected chi connectivity index (χ1v) is 6.87. The monoisotopic (exact) mass is 349 g/mol. The lowest BCUT2D eigenvalue weighted by molar-refractivity contribution is -0.137. The minimum atomic E-state index is -4.45. The average Bonchev–Trinajstić information content (AvgIpc) is 3.03. The number of hydrogen-bond acceptors (Lipinski definition) is 5. The third-order valence-corrected chi connectivity index (χ3v) is 3.16. The Morgan fingerprint density at radius 3 is 2.40 bits per heavy atom. The molecule has 3 aromatic heterocycles. The van der Waals surface area contributed by atoms with Gasteiger partial charge in [-0.2, -0.15) is 18.3 Å². The first-order chi connectivity index (χ1) is 11.8. The van der Waals surface area contributed by atoms with Crippen molar-refractivity contribution in [3.63, 3.8) is 0 Å².